The summed E-state index contributed by atoms with van der Waals surface area (Å²) in [5, 5.41) is 16.7. The Labute approximate surface area is 185 Å². The number of hydrogen-bond donors (Lipinski definition) is 4. The van der Waals surface area contributed by atoms with Crippen LogP contribution in [0.1, 0.15) is 29.9 Å². The van der Waals surface area contributed by atoms with E-state index in [4.69, 9.17) is 0 Å². The van der Waals surface area contributed by atoms with Gasteiger partial charge in [0.2, 0.25) is 15.9 Å². The van der Waals surface area contributed by atoms with Gasteiger partial charge in [0.15, 0.2) is 5.13 Å². The van der Waals surface area contributed by atoms with Gasteiger partial charge in [0.1, 0.15) is 5.69 Å². The molecule has 0 bridgehead atoms. The smallest absolute Gasteiger partial charge is 0.271 e. The van der Waals surface area contributed by atoms with Gasteiger partial charge in [-0.25, -0.2) is 18.4 Å². The average molecular weight is 470 g/mol. The van der Waals surface area contributed by atoms with Gasteiger partial charge < -0.3 is 10.4 Å². The van der Waals surface area contributed by atoms with E-state index in [1.54, 1.807) is 5.01 Å². The van der Waals surface area contributed by atoms with Crippen LogP contribution in [-0.2, 0) is 21.2 Å². The topological polar surface area (TPSA) is 141 Å². The molecule has 0 spiro atoms. The van der Waals surface area contributed by atoms with Crippen molar-refractivity contribution in [1.29, 1.82) is 0 Å². The van der Waals surface area contributed by atoms with Crippen LogP contribution >= 0.6 is 11.3 Å². The van der Waals surface area contributed by atoms with Crippen molar-refractivity contribution in [2.75, 3.05) is 24.1 Å². The molecule has 1 aromatic heterocycles. The van der Waals surface area contributed by atoms with E-state index < -0.39 is 28.1 Å². The molecular formula is C19H27N5O5S2. The van der Waals surface area contributed by atoms with Crippen molar-refractivity contribution in [2.45, 2.75) is 32.4 Å². The fourth-order valence-corrected chi connectivity index (χ4v) is 4.35. The van der Waals surface area contributed by atoms with Crippen molar-refractivity contribution >= 4 is 38.3 Å². The summed E-state index contributed by atoms with van der Waals surface area (Å²) < 4.78 is 24.9. The number of aliphatic hydroxyl groups is 1. The number of carbonyl (C=O) groups is 2. The Morgan fingerprint density at radius 2 is 1.94 bits per heavy atom. The number of sulfonamides is 1. The molecule has 10 nitrogen and oxygen atoms in total. The highest BCUT2D eigenvalue weighted by Crippen LogP contribution is 2.17. The number of aliphatic hydroxyl groups excluding tert-OH is 1. The number of rotatable bonds is 11. The minimum absolute atomic E-state index is 0.0376. The Bertz CT molecular complexity index is 981. The lowest BCUT2D eigenvalue weighted by atomic mass is 10.0. The van der Waals surface area contributed by atoms with Crippen LogP contribution in [0.4, 0.5) is 5.13 Å². The van der Waals surface area contributed by atoms with E-state index >= 15 is 0 Å². The third kappa shape index (κ3) is 8.61. The van der Waals surface area contributed by atoms with E-state index in [0.717, 1.165) is 23.2 Å². The number of nitrogens with zero attached hydrogens (tertiary/aromatic N) is 2. The summed E-state index contributed by atoms with van der Waals surface area (Å²) in [5.74, 6) is -0.800. The maximum atomic E-state index is 12.7. The summed E-state index contributed by atoms with van der Waals surface area (Å²) >= 11 is 0.985. The maximum Gasteiger partial charge on any atom is 0.271 e. The van der Waals surface area contributed by atoms with Gasteiger partial charge in [-0.3, -0.25) is 19.7 Å². The standard InChI is InChI=1S/C19H27N5O5S2/c1-4-24(22-13(2)25)11-17(26)15(10-14-8-6-5-7-9-14)20-18(27)16-12-30-19(21-16)23-31(3,28)29/h5-9,12,15,17,26H,4,10-11H2,1-3H3,(H,20,27)(H,21,23)(H,22,25). The van der Waals surface area contributed by atoms with Crippen molar-refractivity contribution in [3.8, 4) is 0 Å². The molecule has 2 atom stereocenters. The molecule has 2 amide bonds. The van der Waals surface area contributed by atoms with Crippen LogP contribution in [0.3, 0.4) is 0 Å². The summed E-state index contributed by atoms with van der Waals surface area (Å²) in [4.78, 5) is 28.1. The molecule has 0 aliphatic carbocycles. The number of aromatic nitrogens is 1. The summed E-state index contributed by atoms with van der Waals surface area (Å²) in [6, 6.07) is 8.68. The SMILES string of the molecule is CCN(CC(O)C(Cc1ccccc1)NC(=O)c1csc(NS(C)(=O)=O)n1)NC(C)=O. The van der Waals surface area contributed by atoms with E-state index in [9.17, 15) is 23.1 Å². The second-order valence-corrected chi connectivity index (χ2v) is 9.56. The average Bonchev–Trinajstić information content (AvgIpc) is 3.14. The molecule has 0 radical (unpaired) electrons. The zero-order chi connectivity index (χ0) is 23.0. The van der Waals surface area contributed by atoms with Crippen molar-refractivity contribution in [3.05, 3.63) is 47.0 Å². The number of likely N-dealkylation sites (N-methyl/N-ethyl adjacent to an activating group) is 1. The van der Waals surface area contributed by atoms with Crippen molar-refractivity contribution in [2.24, 2.45) is 0 Å². The van der Waals surface area contributed by atoms with Crippen LogP contribution in [-0.4, -0.2) is 66.8 Å². The molecule has 2 unspecified atom stereocenters. The second-order valence-electron chi connectivity index (χ2n) is 6.96. The number of carbonyl (C=O) groups excluding carboxylic acids is 2. The first-order valence-electron chi connectivity index (χ1n) is 9.55. The first-order valence-corrected chi connectivity index (χ1v) is 12.3. The predicted molar refractivity (Wildman–Crippen MR) is 119 cm³/mol. The molecule has 0 saturated heterocycles. The number of amides is 2. The number of benzene rings is 1. The predicted octanol–water partition coefficient (Wildman–Crippen LogP) is 0.590. The molecule has 2 aromatic rings. The number of hydrazine groups is 1. The van der Waals surface area contributed by atoms with Crippen LogP contribution in [0.25, 0.3) is 0 Å². The van der Waals surface area contributed by atoms with Crippen molar-refractivity contribution in [3.63, 3.8) is 0 Å². The Balaban J connectivity index is 2.15. The maximum absolute atomic E-state index is 12.7. The Morgan fingerprint density at radius 3 is 2.52 bits per heavy atom. The number of hydrogen-bond acceptors (Lipinski definition) is 8. The molecule has 1 aromatic carbocycles. The largest absolute Gasteiger partial charge is 0.390 e. The molecule has 31 heavy (non-hydrogen) atoms. The fourth-order valence-electron chi connectivity index (χ4n) is 2.81. The van der Waals surface area contributed by atoms with Gasteiger partial charge in [0.05, 0.1) is 18.4 Å². The fraction of sp³-hybridized carbons (Fsp3) is 0.421. The highest BCUT2D eigenvalue weighted by molar-refractivity contribution is 7.92. The third-order valence-corrected chi connectivity index (χ3v) is 5.64. The van der Waals surface area contributed by atoms with Gasteiger partial charge in [-0.2, -0.15) is 0 Å². The zero-order valence-corrected chi connectivity index (χ0v) is 19.2. The highest BCUT2D eigenvalue weighted by atomic mass is 32.2. The Hall–Kier alpha value is -2.54. The van der Waals surface area contributed by atoms with Crippen LogP contribution in [0.2, 0.25) is 0 Å². The molecule has 170 valence electrons. The molecule has 0 aliphatic heterocycles. The van der Waals surface area contributed by atoms with E-state index in [1.807, 2.05) is 37.3 Å². The molecule has 1 heterocycles. The van der Waals surface area contributed by atoms with E-state index in [0.29, 0.717) is 13.0 Å². The van der Waals surface area contributed by atoms with E-state index in [-0.39, 0.29) is 23.3 Å². The monoisotopic (exact) mass is 469 g/mol. The quantitative estimate of drug-likeness (QED) is 0.353. The lowest BCUT2D eigenvalue weighted by Crippen LogP contribution is -2.53. The van der Waals surface area contributed by atoms with Crippen LogP contribution in [0, 0.1) is 0 Å². The normalized spacial score (nSPS) is 13.5. The Kier molecular flexibility index (Phi) is 8.92. The van der Waals surface area contributed by atoms with Gasteiger partial charge in [-0.15, -0.1) is 11.3 Å². The summed E-state index contributed by atoms with van der Waals surface area (Å²) in [6.07, 6.45) is 0.349. The van der Waals surface area contributed by atoms with Gasteiger partial charge in [0, 0.05) is 25.4 Å². The third-order valence-electron chi connectivity index (χ3n) is 4.19. The first-order chi connectivity index (χ1) is 14.6. The summed E-state index contributed by atoms with van der Waals surface area (Å²) in [7, 11) is -3.51. The van der Waals surface area contributed by atoms with Gasteiger partial charge in [-0.05, 0) is 12.0 Å². The van der Waals surface area contributed by atoms with E-state index in [2.05, 4.69) is 20.4 Å². The molecule has 4 N–H and O–H groups in total. The van der Waals surface area contributed by atoms with Crippen LogP contribution in [0.5, 0.6) is 0 Å². The minimum atomic E-state index is -3.51. The molecule has 12 heteroatoms. The zero-order valence-electron chi connectivity index (χ0n) is 17.5. The number of nitrogens with one attached hydrogen (secondary N) is 3. The van der Waals surface area contributed by atoms with Gasteiger partial charge in [-0.1, -0.05) is 37.3 Å². The highest BCUT2D eigenvalue weighted by Gasteiger charge is 2.25. The number of thiazole rings is 1. The lowest BCUT2D eigenvalue weighted by Gasteiger charge is -2.29. The molecule has 0 saturated carbocycles. The Morgan fingerprint density at radius 1 is 1.26 bits per heavy atom. The first kappa shape index (κ1) is 24.7. The second kappa shape index (κ2) is 11.2. The molecule has 0 fully saturated rings. The number of anilines is 1. The van der Waals surface area contributed by atoms with Crippen LogP contribution in [0.15, 0.2) is 35.7 Å². The molecular weight excluding hydrogens is 442 g/mol. The molecule has 0 aliphatic rings. The van der Waals surface area contributed by atoms with E-state index in [1.165, 1.54) is 12.3 Å². The summed E-state index contributed by atoms with van der Waals surface area (Å²) in [5.41, 5.74) is 3.58. The minimum Gasteiger partial charge on any atom is -0.390 e. The molecule has 2 rings (SSSR count). The van der Waals surface area contributed by atoms with Crippen LogP contribution < -0.4 is 15.5 Å². The summed E-state index contributed by atoms with van der Waals surface area (Å²) in [6.45, 7) is 3.78. The van der Waals surface area contributed by atoms with Crippen molar-refractivity contribution < 1.29 is 23.1 Å². The van der Waals surface area contributed by atoms with Gasteiger partial charge >= 0.3 is 0 Å². The lowest BCUT2D eigenvalue weighted by molar-refractivity contribution is -0.124. The van der Waals surface area contributed by atoms with Crippen molar-refractivity contribution in [1.82, 2.24) is 20.7 Å². The van der Waals surface area contributed by atoms with Gasteiger partial charge in [0.25, 0.3) is 5.91 Å².